The average molecular weight is 342 g/mol. The lowest BCUT2D eigenvalue weighted by atomic mass is 10.1. The van der Waals surface area contributed by atoms with Gasteiger partial charge in [-0.2, -0.15) is 8.78 Å². The summed E-state index contributed by atoms with van der Waals surface area (Å²) in [6.45, 7) is -2.56. The van der Waals surface area contributed by atoms with Crippen molar-refractivity contribution < 1.29 is 32.0 Å². The number of carbonyl (C=O) groups is 1. The molecule has 3 rings (SSSR count). The number of alkyl halides is 2. The molecule has 6 nitrogen and oxygen atoms in total. The van der Waals surface area contributed by atoms with E-state index < -0.39 is 18.3 Å². The zero-order valence-corrected chi connectivity index (χ0v) is 12.4. The fraction of sp³-hybridized carbons (Fsp3) is 0.333. The molecule has 0 saturated heterocycles. The number of rotatable bonds is 5. The van der Waals surface area contributed by atoms with Crippen molar-refractivity contribution in [1.82, 2.24) is 10.5 Å². The first-order chi connectivity index (χ1) is 11.5. The van der Waals surface area contributed by atoms with Crippen LogP contribution in [-0.2, 0) is 24.3 Å². The van der Waals surface area contributed by atoms with Crippen LogP contribution in [0.4, 0.5) is 13.2 Å². The van der Waals surface area contributed by atoms with Crippen molar-refractivity contribution in [3.63, 3.8) is 0 Å². The van der Waals surface area contributed by atoms with Crippen molar-refractivity contribution in [2.45, 2.75) is 26.2 Å². The summed E-state index contributed by atoms with van der Waals surface area (Å²) in [5.41, 5.74) is 0.705. The monoisotopic (exact) mass is 342 g/mol. The molecular formula is C15H13F3N2O4. The second-order valence-corrected chi connectivity index (χ2v) is 5.05. The van der Waals surface area contributed by atoms with Crippen LogP contribution in [0.25, 0.3) is 0 Å². The summed E-state index contributed by atoms with van der Waals surface area (Å²) in [7, 11) is 0. The summed E-state index contributed by atoms with van der Waals surface area (Å²) in [4.78, 5) is 12.2. The topological polar surface area (TPSA) is 73.6 Å². The summed E-state index contributed by atoms with van der Waals surface area (Å²) < 4.78 is 52.7. The summed E-state index contributed by atoms with van der Waals surface area (Å²) >= 11 is 0. The van der Waals surface area contributed by atoms with Gasteiger partial charge in [-0.1, -0.05) is 5.16 Å². The molecule has 1 aliphatic rings. The number of hydrogen-bond donors (Lipinski definition) is 1. The van der Waals surface area contributed by atoms with Crippen LogP contribution >= 0.6 is 0 Å². The van der Waals surface area contributed by atoms with Crippen LogP contribution in [0, 0.1) is 5.82 Å². The van der Waals surface area contributed by atoms with Crippen LogP contribution in [0.1, 0.15) is 27.4 Å². The SMILES string of the molecule is O=C(NCc1cc(F)ccc1OC(F)F)c1noc2c1COCC2. The molecule has 0 unspecified atom stereocenters. The van der Waals surface area contributed by atoms with E-state index in [1.54, 1.807) is 0 Å². The molecule has 24 heavy (non-hydrogen) atoms. The Balaban J connectivity index is 1.72. The number of ether oxygens (including phenoxy) is 2. The lowest BCUT2D eigenvalue weighted by Crippen LogP contribution is -2.25. The minimum atomic E-state index is -3.05. The number of amides is 1. The Bertz CT molecular complexity index is 748. The molecule has 2 aromatic rings. The van der Waals surface area contributed by atoms with Crippen LogP contribution in [0.15, 0.2) is 22.7 Å². The molecular weight excluding hydrogens is 329 g/mol. The Morgan fingerprint density at radius 3 is 3.04 bits per heavy atom. The van der Waals surface area contributed by atoms with Crippen molar-refractivity contribution in [2.75, 3.05) is 6.61 Å². The zero-order chi connectivity index (χ0) is 17.1. The highest BCUT2D eigenvalue weighted by molar-refractivity contribution is 5.93. The zero-order valence-electron chi connectivity index (χ0n) is 12.4. The van der Waals surface area contributed by atoms with E-state index in [2.05, 4.69) is 15.2 Å². The van der Waals surface area contributed by atoms with Gasteiger partial charge in [-0.25, -0.2) is 4.39 Å². The molecule has 9 heteroatoms. The van der Waals surface area contributed by atoms with Crippen molar-refractivity contribution in [2.24, 2.45) is 0 Å². The van der Waals surface area contributed by atoms with Crippen molar-refractivity contribution >= 4 is 5.91 Å². The largest absolute Gasteiger partial charge is 0.434 e. The van der Waals surface area contributed by atoms with E-state index in [-0.39, 0.29) is 30.2 Å². The maximum atomic E-state index is 13.3. The molecule has 1 N–H and O–H groups in total. The Morgan fingerprint density at radius 1 is 1.42 bits per heavy atom. The maximum Gasteiger partial charge on any atom is 0.387 e. The molecule has 1 aliphatic heterocycles. The van der Waals surface area contributed by atoms with E-state index in [9.17, 15) is 18.0 Å². The lowest BCUT2D eigenvalue weighted by molar-refractivity contribution is -0.0505. The molecule has 0 atom stereocenters. The minimum absolute atomic E-state index is 0.0671. The van der Waals surface area contributed by atoms with E-state index >= 15 is 0 Å². The normalized spacial score (nSPS) is 13.7. The molecule has 0 radical (unpaired) electrons. The molecule has 2 heterocycles. The third kappa shape index (κ3) is 3.51. The highest BCUT2D eigenvalue weighted by Crippen LogP contribution is 2.23. The third-order valence-corrected chi connectivity index (χ3v) is 3.48. The van der Waals surface area contributed by atoms with Gasteiger partial charge in [0.1, 0.15) is 17.3 Å². The Hall–Kier alpha value is -2.55. The van der Waals surface area contributed by atoms with Crippen LogP contribution in [0.2, 0.25) is 0 Å². The number of benzene rings is 1. The summed E-state index contributed by atoms with van der Waals surface area (Å²) in [5, 5.41) is 6.19. The summed E-state index contributed by atoms with van der Waals surface area (Å²) in [6.07, 6.45) is 0.520. The van der Waals surface area contributed by atoms with Crippen molar-refractivity contribution in [3.8, 4) is 5.75 Å². The first-order valence-electron chi connectivity index (χ1n) is 7.11. The lowest BCUT2D eigenvalue weighted by Gasteiger charge is -2.12. The molecule has 1 aromatic carbocycles. The Labute approximate surface area is 134 Å². The second kappa shape index (κ2) is 6.91. The van der Waals surface area contributed by atoms with Gasteiger partial charge < -0.3 is 19.3 Å². The van der Waals surface area contributed by atoms with Crippen molar-refractivity contribution in [3.05, 3.63) is 46.6 Å². The summed E-state index contributed by atoms with van der Waals surface area (Å²) in [5.74, 6) is -0.832. The van der Waals surface area contributed by atoms with E-state index in [1.165, 1.54) is 0 Å². The van der Waals surface area contributed by atoms with Gasteiger partial charge in [0, 0.05) is 18.5 Å². The number of hydrogen-bond acceptors (Lipinski definition) is 5. The van der Waals surface area contributed by atoms with Gasteiger partial charge in [-0.15, -0.1) is 0 Å². The number of halogens is 3. The van der Waals surface area contributed by atoms with Gasteiger partial charge in [0.05, 0.1) is 18.8 Å². The molecule has 0 fully saturated rings. The highest BCUT2D eigenvalue weighted by atomic mass is 19.3. The van der Waals surface area contributed by atoms with E-state index in [4.69, 9.17) is 9.26 Å². The van der Waals surface area contributed by atoms with Crippen LogP contribution in [-0.4, -0.2) is 24.3 Å². The minimum Gasteiger partial charge on any atom is -0.434 e. The maximum absolute atomic E-state index is 13.3. The summed E-state index contributed by atoms with van der Waals surface area (Å²) in [6, 6.07) is 3.09. The molecule has 1 amide bonds. The van der Waals surface area contributed by atoms with Crippen molar-refractivity contribution in [1.29, 1.82) is 0 Å². The quantitative estimate of drug-likeness (QED) is 0.903. The number of fused-ring (bicyclic) bond motifs is 1. The van der Waals surface area contributed by atoms with Crippen LogP contribution < -0.4 is 10.1 Å². The Kier molecular flexibility index (Phi) is 4.70. The fourth-order valence-electron chi connectivity index (χ4n) is 2.36. The predicted molar refractivity (Wildman–Crippen MR) is 74.1 cm³/mol. The van der Waals surface area contributed by atoms with E-state index in [1.807, 2.05) is 0 Å². The van der Waals surface area contributed by atoms with E-state index in [0.29, 0.717) is 24.4 Å². The predicted octanol–water partition coefficient (Wildman–Crippen LogP) is 2.42. The smallest absolute Gasteiger partial charge is 0.387 e. The number of nitrogens with one attached hydrogen (secondary N) is 1. The van der Waals surface area contributed by atoms with Gasteiger partial charge >= 0.3 is 6.61 Å². The second-order valence-electron chi connectivity index (χ2n) is 5.05. The first-order valence-corrected chi connectivity index (χ1v) is 7.11. The molecule has 128 valence electrons. The molecule has 0 aliphatic carbocycles. The standard InChI is InChI=1S/C15H13F3N2O4/c16-9-1-2-11(23-15(17)18)8(5-9)6-19-14(21)13-10-7-22-4-3-12(10)24-20-13/h1-2,5,15H,3-4,6-7H2,(H,19,21). The van der Waals surface area contributed by atoms with Gasteiger partial charge in [-0.3, -0.25) is 4.79 Å². The number of aromatic nitrogens is 1. The number of carbonyl (C=O) groups excluding carboxylic acids is 1. The van der Waals surface area contributed by atoms with Gasteiger partial charge in [-0.05, 0) is 18.2 Å². The van der Waals surface area contributed by atoms with E-state index in [0.717, 1.165) is 18.2 Å². The number of nitrogens with zero attached hydrogens (tertiary/aromatic N) is 1. The Morgan fingerprint density at radius 2 is 2.25 bits per heavy atom. The first kappa shape index (κ1) is 16.3. The van der Waals surface area contributed by atoms with Crippen LogP contribution in [0.5, 0.6) is 5.75 Å². The van der Waals surface area contributed by atoms with Crippen LogP contribution in [0.3, 0.4) is 0 Å². The van der Waals surface area contributed by atoms with Gasteiger partial charge in [0.25, 0.3) is 5.91 Å². The fourth-order valence-corrected chi connectivity index (χ4v) is 2.36. The van der Waals surface area contributed by atoms with Gasteiger partial charge in [0.2, 0.25) is 0 Å². The highest BCUT2D eigenvalue weighted by Gasteiger charge is 2.24. The molecule has 0 bridgehead atoms. The average Bonchev–Trinajstić information content (AvgIpc) is 2.98. The molecule has 1 aromatic heterocycles. The molecule has 0 saturated carbocycles. The molecule has 0 spiro atoms. The van der Waals surface area contributed by atoms with Gasteiger partial charge in [0.15, 0.2) is 5.69 Å². The third-order valence-electron chi connectivity index (χ3n) is 3.48.